The van der Waals surface area contributed by atoms with Gasteiger partial charge < -0.3 is 11.1 Å². The summed E-state index contributed by atoms with van der Waals surface area (Å²) in [6, 6.07) is 9.98. The lowest BCUT2D eigenvalue weighted by Crippen LogP contribution is -2.45. The van der Waals surface area contributed by atoms with Crippen LogP contribution in [0.2, 0.25) is 0 Å². The average molecular weight is 326 g/mol. The van der Waals surface area contributed by atoms with Crippen molar-refractivity contribution in [3.8, 4) is 0 Å². The number of nitrogens with zero attached hydrogens (tertiary/aromatic N) is 1. The van der Waals surface area contributed by atoms with Gasteiger partial charge in [0, 0.05) is 6.54 Å². The van der Waals surface area contributed by atoms with Crippen molar-refractivity contribution in [2.45, 2.75) is 39.3 Å². The number of halogens is 1. The van der Waals surface area contributed by atoms with Gasteiger partial charge in [-0.25, -0.2) is 0 Å². The van der Waals surface area contributed by atoms with Crippen molar-refractivity contribution in [3.05, 3.63) is 35.9 Å². The highest BCUT2D eigenvalue weighted by Gasteiger charge is 2.36. The highest BCUT2D eigenvalue weighted by atomic mass is 35.5. The van der Waals surface area contributed by atoms with Gasteiger partial charge in [0.1, 0.15) is 0 Å². The van der Waals surface area contributed by atoms with Crippen LogP contribution in [0, 0.1) is 5.41 Å². The van der Waals surface area contributed by atoms with Gasteiger partial charge in [-0.3, -0.25) is 9.69 Å². The summed E-state index contributed by atoms with van der Waals surface area (Å²) >= 11 is 0. The number of hydrogen-bond acceptors (Lipinski definition) is 3. The molecule has 0 aromatic heterocycles. The molecule has 0 radical (unpaired) electrons. The van der Waals surface area contributed by atoms with Crippen LogP contribution in [0.3, 0.4) is 0 Å². The van der Waals surface area contributed by atoms with Gasteiger partial charge in [-0.15, -0.1) is 12.4 Å². The SMILES string of the molecule is CC(NC(=O)C(C)N1CCC(C)(CN)C1)c1ccccc1.Cl. The molecule has 1 amide bonds. The van der Waals surface area contributed by atoms with Crippen LogP contribution in [-0.2, 0) is 4.79 Å². The van der Waals surface area contributed by atoms with Crippen LogP contribution in [0.1, 0.15) is 38.8 Å². The highest BCUT2D eigenvalue weighted by molar-refractivity contribution is 5.85. The Morgan fingerprint density at radius 3 is 2.55 bits per heavy atom. The van der Waals surface area contributed by atoms with E-state index in [9.17, 15) is 4.79 Å². The monoisotopic (exact) mass is 325 g/mol. The number of nitrogens with one attached hydrogen (secondary N) is 1. The van der Waals surface area contributed by atoms with Gasteiger partial charge in [0.05, 0.1) is 12.1 Å². The maximum absolute atomic E-state index is 12.4. The first-order chi connectivity index (χ1) is 9.95. The number of carbonyl (C=O) groups excluding carboxylic acids is 1. The van der Waals surface area contributed by atoms with Crippen LogP contribution in [0.15, 0.2) is 30.3 Å². The first-order valence-corrected chi connectivity index (χ1v) is 7.75. The Balaban J connectivity index is 0.00000242. The van der Waals surface area contributed by atoms with Crippen molar-refractivity contribution >= 4 is 18.3 Å². The second-order valence-electron chi connectivity index (χ2n) is 6.55. The van der Waals surface area contributed by atoms with E-state index in [-0.39, 0.29) is 35.8 Å². The van der Waals surface area contributed by atoms with Gasteiger partial charge >= 0.3 is 0 Å². The topological polar surface area (TPSA) is 58.4 Å². The van der Waals surface area contributed by atoms with Gasteiger partial charge in [0.2, 0.25) is 5.91 Å². The third-order valence-corrected chi connectivity index (χ3v) is 4.67. The summed E-state index contributed by atoms with van der Waals surface area (Å²) in [6.07, 6.45) is 1.06. The molecular weight excluding hydrogens is 298 g/mol. The predicted molar refractivity (Wildman–Crippen MR) is 93.1 cm³/mol. The molecule has 1 heterocycles. The third kappa shape index (κ3) is 4.45. The van der Waals surface area contributed by atoms with Crippen molar-refractivity contribution in [1.82, 2.24) is 10.2 Å². The predicted octanol–water partition coefficient (Wildman–Crippen LogP) is 2.34. The van der Waals surface area contributed by atoms with Crippen LogP contribution >= 0.6 is 12.4 Å². The lowest BCUT2D eigenvalue weighted by Gasteiger charge is -2.27. The average Bonchev–Trinajstić information content (AvgIpc) is 2.90. The first kappa shape index (κ1) is 18.9. The summed E-state index contributed by atoms with van der Waals surface area (Å²) in [4.78, 5) is 14.7. The Morgan fingerprint density at radius 1 is 1.36 bits per heavy atom. The minimum Gasteiger partial charge on any atom is -0.348 e. The molecule has 1 saturated heterocycles. The Morgan fingerprint density at radius 2 is 2.00 bits per heavy atom. The molecule has 1 aliphatic rings. The van der Waals surface area contributed by atoms with Crippen molar-refractivity contribution in [3.63, 3.8) is 0 Å². The number of likely N-dealkylation sites (tertiary alicyclic amines) is 1. The minimum absolute atomic E-state index is 0. The van der Waals surface area contributed by atoms with E-state index >= 15 is 0 Å². The molecule has 0 spiro atoms. The smallest absolute Gasteiger partial charge is 0.237 e. The van der Waals surface area contributed by atoms with Crippen molar-refractivity contribution < 1.29 is 4.79 Å². The lowest BCUT2D eigenvalue weighted by atomic mass is 9.90. The molecule has 0 saturated carbocycles. The molecule has 0 aliphatic carbocycles. The van der Waals surface area contributed by atoms with E-state index in [0.29, 0.717) is 6.54 Å². The van der Waals surface area contributed by atoms with Gasteiger partial charge in [-0.1, -0.05) is 37.3 Å². The van der Waals surface area contributed by atoms with Crippen LogP contribution in [0.5, 0.6) is 0 Å². The van der Waals surface area contributed by atoms with Crippen molar-refractivity contribution in [2.75, 3.05) is 19.6 Å². The summed E-state index contributed by atoms with van der Waals surface area (Å²) in [5, 5.41) is 3.11. The zero-order valence-electron chi connectivity index (χ0n) is 13.7. The first-order valence-electron chi connectivity index (χ1n) is 7.75. The fourth-order valence-electron chi connectivity index (χ4n) is 2.88. The molecule has 1 aliphatic heterocycles. The fourth-order valence-corrected chi connectivity index (χ4v) is 2.88. The zero-order valence-corrected chi connectivity index (χ0v) is 14.5. The van der Waals surface area contributed by atoms with Crippen LogP contribution in [0.25, 0.3) is 0 Å². The van der Waals surface area contributed by atoms with Gasteiger partial charge in [-0.05, 0) is 44.3 Å². The fraction of sp³-hybridized carbons (Fsp3) is 0.588. The molecule has 3 atom stereocenters. The van der Waals surface area contributed by atoms with E-state index in [1.807, 2.05) is 44.2 Å². The lowest BCUT2D eigenvalue weighted by molar-refractivity contribution is -0.126. The number of hydrogen-bond donors (Lipinski definition) is 2. The minimum atomic E-state index is -0.107. The van der Waals surface area contributed by atoms with E-state index in [4.69, 9.17) is 5.73 Å². The van der Waals surface area contributed by atoms with E-state index in [1.165, 1.54) is 0 Å². The Kier molecular flexibility index (Phi) is 6.85. The second-order valence-corrected chi connectivity index (χ2v) is 6.55. The Hall–Kier alpha value is -1.10. The van der Waals surface area contributed by atoms with Gasteiger partial charge in [0.25, 0.3) is 0 Å². The largest absolute Gasteiger partial charge is 0.348 e. The van der Waals surface area contributed by atoms with E-state index in [2.05, 4.69) is 17.1 Å². The molecule has 1 fully saturated rings. The van der Waals surface area contributed by atoms with Crippen LogP contribution < -0.4 is 11.1 Å². The molecule has 3 unspecified atom stereocenters. The molecule has 4 nitrogen and oxygen atoms in total. The summed E-state index contributed by atoms with van der Waals surface area (Å²) < 4.78 is 0. The second kappa shape index (κ2) is 7.95. The molecule has 3 N–H and O–H groups in total. The number of nitrogens with two attached hydrogens (primary N) is 1. The maximum Gasteiger partial charge on any atom is 0.237 e. The molecular formula is C17H28ClN3O. The maximum atomic E-state index is 12.4. The summed E-state index contributed by atoms with van der Waals surface area (Å²) in [5.74, 6) is 0.0904. The quantitative estimate of drug-likeness (QED) is 0.873. The van der Waals surface area contributed by atoms with Gasteiger partial charge in [-0.2, -0.15) is 0 Å². The summed E-state index contributed by atoms with van der Waals surface area (Å²) in [7, 11) is 0. The van der Waals surface area contributed by atoms with Gasteiger partial charge in [0.15, 0.2) is 0 Å². The normalized spacial score (nSPS) is 24.4. The van der Waals surface area contributed by atoms with E-state index in [1.54, 1.807) is 0 Å². The highest BCUT2D eigenvalue weighted by Crippen LogP contribution is 2.29. The van der Waals surface area contributed by atoms with Crippen LogP contribution in [-0.4, -0.2) is 36.5 Å². The molecule has 1 aromatic rings. The molecule has 124 valence electrons. The molecule has 5 heteroatoms. The number of carbonyl (C=O) groups is 1. The molecule has 2 rings (SSSR count). The molecule has 22 heavy (non-hydrogen) atoms. The Labute approximate surface area is 139 Å². The zero-order chi connectivity index (χ0) is 15.5. The van der Waals surface area contributed by atoms with Crippen molar-refractivity contribution in [2.24, 2.45) is 11.1 Å². The van der Waals surface area contributed by atoms with Crippen LogP contribution in [0.4, 0.5) is 0 Å². The summed E-state index contributed by atoms with van der Waals surface area (Å²) in [5.41, 5.74) is 7.12. The van der Waals surface area contributed by atoms with Crippen molar-refractivity contribution in [1.29, 1.82) is 0 Å². The number of amides is 1. The summed E-state index contributed by atoms with van der Waals surface area (Å²) in [6.45, 7) is 8.73. The molecule has 0 bridgehead atoms. The number of benzene rings is 1. The van der Waals surface area contributed by atoms with E-state index < -0.39 is 0 Å². The standard InChI is InChI=1S/C17H27N3O.ClH/c1-13(15-7-5-4-6-8-15)19-16(21)14(2)20-10-9-17(3,11-18)12-20;/h4-8,13-14H,9-12,18H2,1-3H3,(H,19,21);1H. The molecule has 1 aromatic carbocycles. The third-order valence-electron chi connectivity index (χ3n) is 4.67. The van der Waals surface area contributed by atoms with E-state index in [0.717, 1.165) is 25.1 Å². The number of rotatable bonds is 5. The Bertz CT molecular complexity index is 482.